The minimum Gasteiger partial charge on any atom is -0.465 e. The van der Waals surface area contributed by atoms with Gasteiger partial charge in [-0.3, -0.25) is 9.78 Å². The maximum absolute atomic E-state index is 11.4. The van der Waals surface area contributed by atoms with Gasteiger partial charge in [0.2, 0.25) is 5.82 Å². The van der Waals surface area contributed by atoms with Gasteiger partial charge in [-0.2, -0.15) is 4.80 Å². The Morgan fingerprint density at radius 3 is 2.46 bits per heavy atom. The van der Waals surface area contributed by atoms with Crippen LogP contribution in [0.4, 0.5) is 0 Å². The Balaban J connectivity index is 1.71. The van der Waals surface area contributed by atoms with Gasteiger partial charge >= 0.3 is 5.97 Å². The molecule has 0 radical (unpaired) electrons. The average Bonchev–Trinajstić information content (AvgIpc) is 3.16. The predicted octanol–water partition coefficient (Wildman–Crippen LogP) is 0.745. The van der Waals surface area contributed by atoms with Gasteiger partial charge in [-0.05, 0) is 22.9 Å². The van der Waals surface area contributed by atoms with E-state index in [9.17, 15) is 9.59 Å². The fourth-order valence-corrected chi connectivity index (χ4v) is 2.23. The van der Waals surface area contributed by atoms with Crippen molar-refractivity contribution >= 4 is 11.8 Å². The van der Waals surface area contributed by atoms with Crippen molar-refractivity contribution in [2.75, 3.05) is 13.7 Å². The number of pyridine rings is 1. The molecule has 9 nitrogen and oxygen atoms in total. The lowest BCUT2D eigenvalue weighted by atomic mass is 10.1. The Bertz CT molecular complexity index is 919. The van der Waals surface area contributed by atoms with Gasteiger partial charge in [0.25, 0.3) is 0 Å². The molecule has 0 aliphatic heterocycles. The van der Waals surface area contributed by atoms with Crippen LogP contribution in [0.3, 0.4) is 0 Å². The summed E-state index contributed by atoms with van der Waals surface area (Å²) in [6.07, 6.45) is 1.39. The molecule has 132 valence electrons. The normalized spacial score (nSPS) is 10.5. The molecule has 1 aromatic carbocycles. The number of carbonyl (C=O) groups is 2. The van der Waals surface area contributed by atoms with Crippen molar-refractivity contribution in [3.8, 4) is 11.5 Å². The molecule has 0 unspecified atom stereocenters. The summed E-state index contributed by atoms with van der Waals surface area (Å²) in [5.74, 6) is -0.475. The fraction of sp³-hybridized carbons (Fsp3) is 0.176. The molecule has 0 atom stereocenters. The molecule has 0 bridgehead atoms. The van der Waals surface area contributed by atoms with Crippen molar-refractivity contribution in [1.29, 1.82) is 0 Å². The third-order valence-corrected chi connectivity index (χ3v) is 3.61. The highest BCUT2D eigenvalue weighted by Gasteiger charge is 2.11. The molecule has 0 saturated heterocycles. The number of hydrogen-bond donors (Lipinski definition) is 1. The highest BCUT2D eigenvalue weighted by atomic mass is 16.5. The molecule has 0 aliphatic carbocycles. The first-order valence-electron chi connectivity index (χ1n) is 7.66. The van der Waals surface area contributed by atoms with E-state index in [1.165, 1.54) is 18.1 Å². The standard InChI is InChI=1S/C17H15N5O4/c1-26-17(25)13-6-7-14(18-8-13)16-19-21-22(20-16)9-11-2-4-12(5-3-11)15(24)10-23/h2-8,23H,9-10H2,1H3. The minimum atomic E-state index is -0.519. The fourth-order valence-electron chi connectivity index (χ4n) is 2.23. The number of aliphatic hydroxyl groups excluding tert-OH is 1. The average molecular weight is 353 g/mol. The van der Waals surface area contributed by atoms with Crippen LogP contribution in [-0.2, 0) is 11.3 Å². The number of nitrogens with zero attached hydrogens (tertiary/aromatic N) is 5. The summed E-state index contributed by atoms with van der Waals surface area (Å²) in [6.45, 7) is -0.157. The molecule has 0 amide bonds. The molecule has 0 fully saturated rings. The Kier molecular flexibility index (Phi) is 5.09. The summed E-state index contributed by atoms with van der Waals surface area (Å²) in [7, 11) is 1.30. The number of methoxy groups -OCH3 is 1. The number of esters is 1. The van der Waals surface area contributed by atoms with E-state index in [-0.39, 0.29) is 5.78 Å². The Hall–Kier alpha value is -3.46. The third-order valence-electron chi connectivity index (χ3n) is 3.61. The first kappa shape index (κ1) is 17.4. The highest BCUT2D eigenvalue weighted by Crippen LogP contribution is 2.12. The van der Waals surface area contributed by atoms with Gasteiger partial charge in [0, 0.05) is 11.8 Å². The van der Waals surface area contributed by atoms with Gasteiger partial charge in [0.1, 0.15) is 12.3 Å². The van der Waals surface area contributed by atoms with E-state index in [4.69, 9.17) is 5.11 Å². The number of aromatic nitrogens is 5. The lowest BCUT2D eigenvalue weighted by Crippen LogP contribution is -2.06. The molecule has 26 heavy (non-hydrogen) atoms. The van der Waals surface area contributed by atoms with Crippen LogP contribution >= 0.6 is 0 Å². The van der Waals surface area contributed by atoms with Gasteiger partial charge in [0.05, 0.1) is 19.2 Å². The van der Waals surface area contributed by atoms with E-state index in [1.807, 2.05) is 0 Å². The van der Waals surface area contributed by atoms with Crippen molar-refractivity contribution in [3.05, 3.63) is 59.3 Å². The van der Waals surface area contributed by atoms with E-state index >= 15 is 0 Å². The first-order chi connectivity index (χ1) is 12.6. The van der Waals surface area contributed by atoms with E-state index < -0.39 is 12.6 Å². The zero-order valence-electron chi connectivity index (χ0n) is 13.9. The van der Waals surface area contributed by atoms with E-state index in [0.717, 1.165) is 5.56 Å². The van der Waals surface area contributed by atoms with Crippen molar-refractivity contribution in [2.45, 2.75) is 6.54 Å². The van der Waals surface area contributed by atoms with Crippen LogP contribution in [0.1, 0.15) is 26.3 Å². The van der Waals surface area contributed by atoms with Crippen LogP contribution in [0.2, 0.25) is 0 Å². The van der Waals surface area contributed by atoms with Crippen LogP contribution in [0.25, 0.3) is 11.5 Å². The van der Waals surface area contributed by atoms with Gasteiger partial charge in [-0.25, -0.2) is 4.79 Å². The van der Waals surface area contributed by atoms with Crippen LogP contribution < -0.4 is 0 Å². The van der Waals surface area contributed by atoms with Crippen LogP contribution in [-0.4, -0.2) is 55.8 Å². The van der Waals surface area contributed by atoms with Crippen molar-refractivity contribution < 1.29 is 19.4 Å². The highest BCUT2D eigenvalue weighted by molar-refractivity contribution is 5.96. The van der Waals surface area contributed by atoms with Crippen LogP contribution in [0.5, 0.6) is 0 Å². The summed E-state index contributed by atoms with van der Waals surface area (Å²) in [6, 6.07) is 9.98. The molecule has 3 rings (SSSR count). The molecular weight excluding hydrogens is 338 g/mol. The van der Waals surface area contributed by atoms with Crippen LogP contribution in [0, 0.1) is 0 Å². The topological polar surface area (TPSA) is 120 Å². The molecule has 0 saturated carbocycles. The number of Topliss-reactive ketones (excluding diaryl/α,β-unsaturated/α-hetero) is 1. The van der Waals surface area contributed by atoms with Gasteiger partial charge < -0.3 is 9.84 Å². The molecule has 2 aromatic heterocycles. The van der Waals surface area contributed by atoms with Gasteiger partial charge in [-0.15, -0.1) is 10.2 Å². The van der Waals surface area contributed by atoms with Gasteiger partial charge in [0.15, 0.2) is 5.78 Å². The maximum atomic E-state index is 11.4. The number of carbonyl (C=O) groups excluding carboxylic acids is 2. The first-order valence-corrected chi connectivity index (χ1v) is 7.66. The second-order valence-corrected chi connectivity index (χ2v) is 5.35. The zero-order valence-corrected chi connectivity index (χ0v) is 13.9. The molecule has 3 aromatic rings. The molecule has 2 heterocycles. The number of aliphatic hydroxyl groups is 1. The molecular formula is C17H15N5O4. The predicted molar refractivity (Wildman–Crippen MR) is 89.3 cm³/mol. The summed E-state index contributed by atoms with van der Waals surface area (Å²) < 4.78 is 4.62. The van der Waals surface area contributed by atoms with E-state index in [2.05, 4.69) is 25.1 Å². The van der Waals surface area contributed by atoms with E-state index in [1.54, 1.807) is 36.4 Å². The second kappa shape index (κ2) is 7.62. The Labute approximate surface area is 148 Å². The lowest BCUT2D eigenvalue weighted by molar-refractivity contribution is 0.0600. The summed E-state index contributed by atoms with van der Waals surface area (Å²) in [5.41, 5.74) is 2.13. The van der Waals surface area contributed by atoms with E-state index in [0.29, 0.717) is 29.2 Å². The lowest BCUT2D eigenvalue weighted by Gasteiger charge is -2.02. The Morgan fingerprint density at radius 1 is 1.12 bits per heavy atom. The number of ketones is 1. The molecule has 1 N–H and O–H groups in total. The number of benzene rings is 1. The molecule has 0 spiro atoms. The summed E-state index contributed by atoms with van der Waals surface area (Å²) in [5, 5.41) is 21.0. The number of tetrazole rings is 1. The maximum Gasteiger partial charge on any atom is 0.339 e. The van der Waals surface area contributed by atoms with Gasteiger partial charge in [-0.1, -0.05) is 24.3 Å². The van der Waals surface area contributed by atoms with Crippen LogP contribution in [0.15, 0.2) is 42.6 Å². The quantitative estimate of drug-likeness (QED) is 0.509. The SMILES string of the molecule is COC(=O)c1ccc(-c2nnn(Cc3ccc(C(=O)CO)cc3)n2)nc1. The minimum absolute atomic E-state index is 0.327. The summed E-state index contributed by atoms with van der Waals surface area (Å²) >= 11 is 0. The summed E-state index contributed by atoms with van der Waals surface area (Å²) in [4.78, 5) is 28.3. The Morgan fingerprint density at radius 2 is 1.85 bits per heavy atom. The third kappa shape index (κ3) is 3.78. The largest absolute Gasteiger partial charge is 0.465 e. The smallest absolute Gasteiger partial charge is 0.339 e. The van der Waals surface area contributed by atoms with Crippen molar-refractivity contribution in [1.82, 2.24) is 25.2 Å². The zero-order chi connectivity index (χ0) is 18.5. The monoisotopic (exact) mass is 353 g/mol. The number of ether oxygens (including phenoxy) is 1. The molecule has 0 aliphatic rings. The number of rotatable bonds is 6. The van der Waals surface area contributed by atoms with Crippen molar-refractivity contribution in [3.63, 3.8) is 0 Å². The van der Waals surface area contributed by atoms with Crippen molar-refractivity contribution in [2.24, 2.45) is 0 Å². The molecule has 9 heteroatoms. The number of hydrogen-bond acceptors (Lipinski definition) is 8. The second-order valence-electron chi connectivity index (χ2n) is 5.35.